The fourth-order valence-electron chi connectivity index (χ4n) is 1.67. The number of hydrogen-bond acceptors (Lipinski definition) is 5. The average molecular weight is 283 g/mol. The van der Waals surface area contributed by atoms with Gasteiger partial charge in [0.05, 0.1) is 31.3 Å². The molecule has 0 spiro atoms. The molecule has 2 rings (SSSR count). The molecule has 2 N–H and O–H groups in total. The summed E-state index contributed by atoms with van der Waals surface area (Å²) < 4.78 is 5.11. The van der Waals surface area contributed by atoms with Gasteiger partial charge in [0.2, 0.25) is 0 Å². The van der Waals surface area contributed by atoms with Crippen LogP contribution in [0.1, 0.15) is 12.0 Å². The van der Waals surface area contributed by atoms with Crippen molar-refractivity contribution in [3.8, 4) is 23.1 Å². The topological polar surface area (TPSA) is 103 Å². The number of hydrogen-bond donors (Lipinski definition) is 2. The lowest BCUT2D eigenvalue weighted by molar-refractivity contribution is -0.120. The van der Waals surface area contributed by atoms with E-state index < -0.39 is 5.91 Å². The number of benzene rings is 1. The average Bonchev–Trinajstić information content (AvgIpc) is 2.96. The largest absolute Gasteiger partial charge is 0.497 e. The Morgan fingerprint density at radius 1 is 1.52 bits per heavy atom. The van der Waals surface area contributed by atoms with Crippen LogP contribution in [0.4, 0.5) is 0 Å². The van der Waals surface area contributed by atoms with Crippen molar-refractivity contribution in [1.29, 1.82) is 5.26 Å². The Bertz CT molecular complexity index is 682. The molecule has 21 heavy (non-hydrogen) atoms. The van der Waals surface area contributed by atoms with Gasteiger partial charge in [-0.3, -0.25) is 9.89 Å². The first-order valence-corrected chi connectivity index (χ1v) is 6.11. The van der Waals surface area contributed by atoms with E-state index in [9.17, 15) is 4.79 Å². The Kier molecular flexibility index (Phi) is 4.66. The minimum Gasteiger partial charge on any atom is -0.497 e. The van der Waals surface area contributed by atoms with Gasteiger partial charge in [-0.05, 0) is 24.3 Å². The van der Waals surface area contributed by atoms with Crippen molar-refractivity contribution in [2.45, 2.75) is 6.42 Å². The standard InChI is InChI=1S/C14H13N5O2/c1-21-12-4-2-10(3-5-12)14-11(9-17-19-14)8-16-18-13(20)6-7-15/h2-5,8-9H,6H2,1H3,(H,17,19)(H,18,20)/b16-8+. The summed E-state index contributed by atoms with van der Waals surface area (Å²) in [5.74, 6) is 0.306. The Morgan fingerprint density at radius 3 is 2.95 bits per heavy atom. The highest BCUT2D eigenvalue weighted by atomic mass is 16.5. The fraction of sp³-hybridized carbons (Fsp3) is 0.143. The number of nitriles is 1. The molecule has 0 aliphatic heterocycles. The molecular weight excluding hydrogens is 270 g/mol. The summed E-state index contributed by atoms with van der Waals surface area (Å²) in [6.45, 7) is 0. The van der Waals surface area contributed by atoms with Crippen LogP contribution in [0.15, 0.2) is 35.6 Å². The van der Waals surface area contributed by atoms with Crippen molar-refractivity contribution in [1.82, 2.24) is 15.6 Å². The maximum Gasteiger partial charge on any atom is 0.254 e. The Hall–Kier alpha value is -3.14. The molecule has 1 amide bonds. The number of H-pyrrole nitrogens is 1. The van der Waals surface area contributed by atoms with Gasteiger partial charge < -0.3 is 4.74 Å². The van der Waals surface area contributed by atoms with Crippen LogP contribution in [-0.4, -0.2) is 29.4 Å². The molecule has 0 aliphatic rings. The minimum atomic E-state index is -0.455. The Balaban J connectivity index is 2.13. The SMILES string of the molecule is COc1ccc(-c2[nH]ncc2/C=N/NC(=O)CC#N)cc1. The third kappa shape index (κ3) is 3.67. The summed E-state index contributed by atoms with van der Waals surface area (Å²) in [5.41, 5.74) is 4.67. The van der Waals surface area contributed by atoms with Crippen molar-refractivity contribution in [3.05, 3.63) is 36.0 Å². The first-order valence-electron chi connectivity index (χ1n) is 6.11. The van der Waals surface area contributed by atoms with Gasteiger partial charge in [0.25, 0.3) is 5.91 Å². The summed E-state index contributed by atoms with van der Waals surface area (Å²) in [6.07, 6.45) is 2.84. The van der Waals surface area contributed by atoms with Gasteiger partial charge in [0.15, 0.2) is 0 Å². The van der Waals surface area contributed by atoms with E-state index in [0.29, 0.717) is 0 Å². The van der Waals surface area contributed by atoms with Gasteiger partial charge in [0.1, 0.15) is 12.2 Å². The highest BCUT2D eigenvalue weighted by Crippen LogP contribution is 2.22. The second kappa shape index (κ2) is 6.86. The van der Waals surface area contributed by atoms with Gasteiger partial charge in [-0.15, -0.1) is 0 Å². The molecule has 1 heterocycles. The van der Waals surface area contributed by atoms with E-state index in [1.54, 1.807) is 19.4 Å². The van der Waals surface area contributed by atoms with Crippen molar-refractivity contribution in [2.24, 2.45) is 5.10 Å². The third-order valence-corrected chi connectivity index (χ3v) is 2.68. The molecule has 7 nitrogen and oxygen atoms in total. The van der Waals surface area contributed by atoms with E-state index in [4.69, 9.17) is 10.00 Å². The number of rotatable bonds is 5. The van der Waals surface area contributed by atoms with Crippen molar-refractivity contribution in [2.75, 3.05) is 7.11 Å². The maximum atomic E-state index is 11.1. The number of aromatic nitrogens is 2. The van der Waals surface area contributed by atoms with Crippen LogP contribution < -0.4 is 10.2 Å². The molecule has 1 aromatic carbocycles. The molecule has 0 radical (unpaired) electrons. The summed E-state index contributed by atoms with van der Waals surface area (Å²) >= 11 is 0. The van der Waals surface area contributed by atoms with E-state index >= 15 is 0 Å². The first kappa shape index (κ1) is 14.3. The Labute approximate surface area is 121 Å². The second-order valence-corrected chi connectivity index (χ2v) is 4.06. The van der Waals surface area contributed by atoms with Crippen molar-refractivity contribution >= 4 is 12.1 Å². The molecule has 0 unspecified atom stereocenters. The number of aromatic amines is 1. The van der Waals surface area contributed by atoms with Crippen molar-refractivity contribution < 1.29 is 9.53 Å². The number of nitrogens with zero attached hydrogens (tertiary/aromatic N) is 3. The smallest absolute Gasteiger partial charge is 0.254 e. The number of carbonyl (C=O) groups excluding carboxylic acids is 1. The zero-order chi connectivity index (χ0) is 15.1. The fourth-order valence-corrected chi connectivity index (χ4v) is 1.67. The molecule has 0 atom stereocenters. The van der Waals surface area contributed by atoms with Crippen LogP contribution in [-0.2, 0) is 4.79 Å². The van der Waals surface area contributed by atoms with E-state index in [0.717, 1.165) is 22.6 Å². The van der Waals surface area contributed by atoms with Crippen molar-refractivity contribution in [3.63, 3.8) is 0 Å². The molecule has 106 valence electrons. The Morgan fingerprint density at radius 2 is 2.29 bits per heavy atom. The summed E-state index contributed by atoms with van der Waals surface area (Å²) in [5, 5.41) is 19.0. The molecule has 0 bridgehead atoms. The van der Waals surface area contributed by atoms with Crippen LogP contribution in [0.2, 0.25) is 0 Å². The van der Waals surface area contributed by atoms with Gasteiger partial charge >= 0.3 is 0 Å². The predicted octanol–water partition coefficient (Wildman–Crippen LogP) is 1.45. The number of nitrogens with one attached hydrogen (secondary N) is 2. The molecule has 0 aliphatic carbocycles. The lowest BCUT2D eigenvalue weighted by Gasteiger charge is -2.02. The van der Waals surface area contributed by atoms with Crippen LogP contribution >= 0.6 is 0 Å². The summed E-state index contributed by atoms with van der Waals surface area (Å²) in [7, 11) is 1.60. The molecule has 0 saturated carbocycles. The molecular formula is C14H13N5O2. The van der Waals surface area contributed by atoms with Gasteiger partial charge in [-0.1, -0.05) is 0 Å². The maximum absolute atomic E-state index is 11.1. The molecule has 1 aromatic heterocycles. The van der Waals surface area contributed by atoms with E-state index in [-0.39, 0.29) is 6.42 Å². The number of carbonyl (C=O) groups is 1. The minimum absolute atomic E-state index is 0.228. The number of amides is 1. The predicted molar refractivity (Wildman–Crippen MR) is 76.5 cm³/mol. The third-order valence-electron chi connectivity index (χ3n) is 2.68. The second-order valence-electron chi connectivity index (χ2n) is 4.06. The normalized spacial score (nSPS) is 10.3. The number of hydrazone groups is 1. The van der Waals surface area contributed by atoms with Crippen LogP contribution in [0.25, 0.3) is 11.3 Å². The van der Waals surface area contributed by atoms with E-state index in [1.165, 1.54) is 6.21 Å². The molecule has 7 heteroatoms. The van der Waals surface area contributed by atoms with Gasteiger partial charge in [-0.2, -0.15) is 15.5 Å². The molecule has 2 aromatic rings. The highest BCUT2D eigenvalue weighted by molar-refractivity contribution is 5.89. The quantitative estimate of drug-likeness (QED) is 0.640. The monoisotopic (exact) mass is 283 g/mol. The lowest BCUT2D eigenvalue weighted by atomic mass is 10.1. The zero-order valence-corrected chi connectivity index (χ0v) is 11.3. The highest BCUT2D eigenvalue weighted by Gasteiger charge is 2.06. The van der Waals surface area contributed by atoms with Crippen LogP contribution in [0, 0.1) is 11.3 Å². The number of methoxy groups -OCH3 is 1. The summed E-state index contributed by atoms with van der Waals surface area (Å²) in [4.78, 5) is 11.1. The van der Waals surface area contributed by atoms with E-state index in [2.05, 4.69) is 20.7 Å². The summed E-state index contributed by atoms with van der Waals surface area (Å²) in [6, 6.07) is 9.19. The molecule has 0 fully saturated rings. The lowest BCUT2D eigenvalue weighted by Crippen LogP contribution is -2.16. The number of ether oxygens (including phenoxy) is 1. The van der Waals surface area contributed by atoms with Gasteiger partial charge in [-0.25, -0.2) is 5.43 Å². The van der Waals surface area contributed by atoms with Crippen LogP contribution in [0.3, 0.4) is 0 Å². The van der Waals surface area contributed by atoms with E-state index in [1.807, 2.05) is 24.3 Å². The van der Waals surface area contributed by atoms with Gasteiger partial charge in [0, 0.05) is 11.1 Å². The zero-order valence-electron chi connectivity index (χ0n) is 11.3. The molecule has 0 saturated heterocycles. The van der Waals surface area contributed by atoms with Crippen LogP contribution in [0.5, 0.6) is 5.75 Å². The first-order chi connectivity index (χ1) is 10.2.